The van der Waals surface area contributed by atoms with E-state index in [-0.39, 0.29) is 5.91 Å². The standard InChI is InChI=1S/C18H20ClN5O/c1-2-17-16(13-22-24(17)15-7-3-6-14(19)12-15)18(25)20-8-4-10-23-11-5-9-21-23/h3,5-7,9,11-13H,2,4,8,10H2,1H3,(H,20,25). The fourth-order valence-corrected chi connectivity index (χ4v) is 2.89. The molecule has 0 unspecified atom stereocenters. The lowest BCUT2D eigenvalue weighted by Crippen LogP contribution is -2.26. The van der Waals surface area contributed by atoms with Gasteiger partial charge in [0.1, 0.15) is 0 Å². The van der Waals surface area contributed by atoms with Crippen LogP contribution in [0.25, 0.3) is 5.69 Å². The number of nitrogens with one attached hydrogen (secondary N) is 1. The van der Waals surface area contributed by atoms with Crippen molar-refractivity contribution in [3.8, 4) is 5.69 Å². The Morgan fingerprint density at radius 1 is 1.28 bits per heavy atom. The number of amides is 1. The quantitative estimate of drug-likeness (QED) is 0.661. The lowest BCUT2D eigenvalue weighted by atomic mass is 10.2. The highest BCUT2D eigenvalue weighted by Crippen LogP contribution is 2.19. The number of carbonyl (C=O) groups excluding carboxylic acids is 1. The van der Waals surface area contributed by atoms with E-state index in [4.69, 9.17) is 11.6 Å². The molecule has 0 saturated carbocycles. The van der Waals surface area contributed by atoms with E-state index in [0.717, 1.165) is 24.3 Å². The number of aromatic nitrogens is 4. The number of benzene rings is 1. The average Bonchev–Trinajstić information content (AvgIpc) is 3.27. The minimum absolute atomic E-state index is 0.106. The zero-order valence-electron chi connectivity index (χ0n) is 14.0. The van der Waals surface area contributed by atoms with E-state index in [1.165, 1.54) is 0 Å². The third-order valence-electron chi connectivity index (χ3n) is 3.91. The zero-order chi connectivity index (χ0) is 17.6. The molecule has 25 heavy (non-hydrogen) atoms. The minimum atomic E-state index is -0.106. The lowest BCUT2D eigenvalue weighted by molar-refractivity contribution is 0.0951. The molecule has 1 aromatic carbocycles. The highest BCUT2D eigenvalue weighted by molar-refractivity contribution is 6.30. The summed E-state index contributed by atoms with van der Waals surface area (Å²) in [6.07, 6.45) is 6.78. The fraction of sp³-hybridized carbons (Fsp3) is 0.278. The van der Waals surface area contributed by atoms with Gasteiger partial charge in [-0.25, -0.2) is 4.68 Å². The number of aryl methyl sites for hydroxylation is 1. The van der Waals surface area contributed by atoms with Crippen molar-refractivity contribution in [3.63, 3.8) is 0 Å². The van der Waals surface area contributed by atoms with E-state index in [1.54, 1.807) is 17.1 Å². The van der Waals surface area contributed by atoms with Crippen molar-refractivity contribution in [2.75, 3.05) is 6.54 Å². The summed E-state index contributed by atoms with van der Waals surface area (Å²) in [7, 11) is 0. The maximum atomic E-state index is 12.5. The second-order valence-corrected chi connectivity index (χ2v) is 6.07. The van der Waals surface area contributed by atoms with Crippen molar-refractivity contribution >= 4 is 17.5 Å². The Labute approximate surface area is 151 Å². The van der Waals surface area contributed by atoms with Crippen molar-refractivity contribution < 1.29 is 4.79 Å². The van der Waals surface area contributed by atoms with Crippen LogP contribution in [0.15, 0.2) is 48.9 Å². The Hall–Kier alpha value is -2.60. The van der Waals surface area contributed by atoms with Crippen LogP contribution in [-0.4, -0.2) is 32.0 Å². The molecule has 0 fully saturated rings. The highest BCUT2D eigenvalue weighted by atomic mass is 35.5. The average molecular weight is 358 g/mol. The molecule has 2 heterocycles. The van der Waals surface area contributed by atoms with Gasteiger partial charge in [-0.3, -0.25) is 9.48 Å². The number of hydrogen-bond acceptors (Lipinski definition) is 3. The van der Waals surface area contributed by atoms with Crippen molar-refractivity contribution in [2.45, 2.75) is 26.3 Å². The monoisotopic (exact) mass is 357 g/mol. The number of carbonyl (C=O) groups is 1. The van der Waals surface area contributed by atoms with Crippen LogP contribution in [0, 0.1) is 0 Å². The van der Waals surface area contributed by atoms with Crippen LogP contribution in [0.4, 0.5) is 0 Å². The molecule has 0 spiro atoms. The Morgan fingerprint density at radius 3 is 2.88 bits per heavy atom. The van der Waals surface area contributed by atoms with Crippen molar-refractivity contribution in [1.29, 1.82) is 0 Å². The van der Waals surface area contributed by atoms with E-state index >= 15 is 0 Å². The molecule has 0 saturated heterocycles. The molecule has 0 atom stereocenters. The Morgan fingerprint density at radius 2 is 2.16 bits per heavy atom. The van der Waals surface area contributed by atoms with Gasteiger partial charge in [0, 0.05) is 30.5 Å². The van der Waals surface area contributed by atoms with Crippen molar-refractivity contribution in [3.05, 3.63) is 65.2 Å². The second-order valence-electron chi connectivity index (χ2n) is 5.63. The molecule has 6 nitrogen and oxygen atoms in total. The molecular formula is C18H20ClN5O. The Bertz CT molecular complexity index is 841. The number of rotatable bonds is 7. The summed E-state index contributed by atoms with van der Waals surface area (Å²) < 4.78 is 3.62. The van der Waals surface area contributed by atoms with Crippen LogP contribution in [0.5, 0.6) is 0 Å². The van der Waals surface area contributed by atoms with Gasteiger partial charge in [-0.2, -0.15) is 10.2 Å². The normalized spacial score (nSPS) is 10.8. The zero-order valence-corrected chi connectivity index (χ0v) is 14.8. The van der Waals surface area contributed by atoms with Crippen LogP contribution >= 0.6 is 11.6 Å². The summed E-state index contributed by atoms with van der Waals surface area (Å²) in [5.41, 5.74) is 2.32. The molecule has 0 radical (unpaired) electrons. The third-order valence-corrected chi connectivity index (χ3v) is 4.14. The van der Waals surface area contributed by atoms with Gasteiger partial charge in [-0.15, -0.1) is 0 Å². The predicted octanol–water partition coefficient (Wildman–Crippen LogP) is 3.10. The van der Waals surface area contributed by atoms with Crippen LogP contribution < -0.4 is 5.32 Å². The van der Waals surface area contributed by atoms with E-state index in [9.17, 15) is 4.79 Å². The van der Waals surface area contributed by atoms with Crippen LogP contribution in [-0.2, 0) is 13.0 Å². The van der Waals surface area contributed by atoms with Crippen molar-refractivity contribution in [1.82, 2.24) is 24.9 Å². The first kappa shape index (κ1) is 17.2. The van der Waals surface area contributed by atoms with Gasteiger partial charge in [0.15, 0.2) is 0 Å². The van der Waals surface area contributed by atoms with E-state index in [1.807, 2.05) is 48.1 Å². The summed E-state index contributed by atoms with van der Waals surface area (Å²) in [6.45, 7) is 3.37. The number of halogens is 1. The predicted molar refractivity (Wildman–Crippen MR) is 97.1 cm³/mol. The lowest BCUT2D eigenvalue weighted by Gasteiger charge is -2.09. The first-order chi connectivity index (χ1) is 12.2. The van der Waals surface area contributed by atoms with Gasteiger partial charge in [-0.05, 0) is 37.1 Å². The minimum Gasteiger partial charge on any atom is -0.352 e. The maximum Gasteiger partial charge on any atom is 0.254 e. The summed E-state index contributed by atoms with van der Waals surface area (Å²) in [4.78, 5) is 12.5. The Balaban J connectivity index is 1.66. The van der Waals surface area contributed by atoms with Crippen molar-refractivity contribution in [2.24, 2.45) is 0 Å². The Kier molecular flexibility index (Phi) is 5.50. The molecule has 130 valence electrons. The molecule has 0 aliphatic rings. The van der Waals surface area contributed by atoms with Crippen LogP contribution in [0.1, 0.15) is 29.4 Å². The van der Waals surface area contributed by atoms with E-state index in [0.29, 0.717) is 23.6 Å². The molecule has 1 amide bonds. The third kappa shape index (κ3) is 4.09. The molecule has 2 aromatic heterocycles. The maximum absolute atomic E-state index is 12.5. The fourth-order valence-electron chi connectivity index (χ4n) is 2.70. The summed E-state index contributed by atoms with van der Waals surface area (Å²) in [6, 6.07) is 9.32. The molecule has 0 aliphatic carbocycles. The largest absolute Gasteiger partial charge is 0.352 e. The molecule has 7 heteroatoms. The molecular weight excluding hydrogens is 338 g/mol. The van der Waals surface area contributed by atoms with Gasteiger partial charge in [0.2, 0.25) is 0 Å². The number of hydrogen-bond donors (Lipinski definition) is 1. The highest BCUT2D eigenvalue weighted by Gasteiger charge is 2.16. The molecule has 0 aliphatic heterocycles. The topological polar surface area (TPSA) is 64.7 Å². The van der Waals surface area contributed by atoms with Crippen LogP contribution in [0.2, 0.25) is 5.02 Å². The summed E-state index contributed by atoms with van der Waals surface area (Å²) in [5.74, 6) is -0.106. The van der Waals surface area contributed by atoms with E-state index in [2.05, 4.69) is 15.5 Å². The molecule has 0 bridgehead atoms. The van der Waals surface area contributed by atoms with Gasteiger partial charge in [0.05, 0.1) is 23.1 Å². The van der Waals surface area contributed by atoms with E-state index < -0.39 is 0 Å². The summed E-state index contributed by atoms with van der Waals surface area (Å²) >= 11 is 6.06. The first-order valence-corrected chi connectivity index (χ1v) is 8.65. The van der Waals surface area contributed by atoms with Gasteiger partial charge < -0.3 is 5.32 Å². The van der Waals surface area contributed by atoms with Gasteiger partial charge in [-0.1, -0.05) is 24.6 Å². The molecule has 1 N–H and O–H groups in total. The van der Waals surface area contributed by atoms with Gasteiger partial charge >= 0.3 is 0 Å². The number of nitrogens with zero attached hydrogens (tertiary/aromatic N) is 4. The van der Waals surface area contributed by atoms with Gasteiger partial charge in [0.25, 0.3) is 5.91 Å². The van der Waals surface area contributed by atoms with Crippen LogP contribution in [0.3, 0.4) is 0 Å². The second kappa shape index (κ2) is 7.98. The smallest absolute Gasteiger partial charge is 0.254 e. The first-order valence-electron chi connectivity index (χ1n) is 8.27. The summed E-state index contributed by atoms with van der Waals surface area (Å²) in [5, 5.41) is 12.1. The molecule has 3 aromatic rings. The SMILES string of the molecule is CCc1c(C(=O)NCCCn2cccn2)cnn1-c1cccc(Cl)c1. The molecule has 3 rings (SSSR count).